The molecule has 0 amide bonds. The van der Waals surface area contributed by atoms with Crippen molar-refractivity contribution >= 4 is 0 Å². The first-order valence-corrected chi connectivity index (χ1v) is 4.51. The molecule has 1 saturated heterocycles. The number of hydrogen-bond acceptors (Lipinski definition) is 4. The molecular weight excluding hydrogens is 156 g/mol. The first-order valence-electron chi connectivity index (χ1n) is 4.51. The molecule has 72 valence electrons. The highest BCUT2D eigenvalue weighted by Crippen LogP contribution is 2.00. The minimum Gasteiger partial charge on any atom is -0.392 e. The predicted octanol–water partition coefficient (Wildman–Crippen LogP) is -0.972. The summed E-state index contributed by atoms with van der Waals surface area (Å²) < 4.78 is 5.19. The first-order chi connectivity index (χ1) is 5.83. The third-order valence-electron chi connectivity index (χ3n) is 2.07. The van der Waals surface area contributed by atoms with Crippen molar-refractivity contribution < 1.29 is 9.84 Å². The lowest BCUT2D eigenvalue weighted by molar-refractivity contribution is 0.0137. The Morgan fingerprint density at radius 1 is 1.42 bits per heavy atom. The van der Waals surface area contributed by atoms with Crippen LogP contribution in [0.2, 0.25) is 0 Å². The zero-order valence-electron chi connectivity index (χ0n) is 7.41. The van der Waals surface area contributed by atoms with Gasteiger partial charge in [0.25, 0.3) is 0 Å². The molecule has 0 saturated carbocycles. The molecule has 1 rings (SSSR count). The molecular formula is C8H18N2O2. The zero-order valence-corrected chi connectivity index (χ0v) is 7.41. The lowest BCUT2D eigenvalue weighted by atomic mass is 10.2. The van der Waals surface area contributed by atoms with Gasteiger partial charge in [0.05, 0.1) is 19.3 Å². The number of ether oxygens (including phenoxy) is 1. The van der Waals surface area contributed by atoms with Crippen molar-refractivity contribution in [2.75, 3.05) is 39.4 Å². The molecule has 1 atom stereocenters. The first kappa shape index (κ1) is 9.92. The molecule has 1 aliphatic heterocycles. The number of nitrogens with zero attached hydrogens (tertiary/aromatic N) is 1. The summed E-state index contributed by atoms with van der Waals surface area (Å²) in [7, 11) is 0. The monoisotopic (exact) mass is 174 g/mol. The Morgan fingerprint density at radius 3 is 2.67 bits per heavy atom. The lowest BCUT2D eigenvalue weighted by Gasteiger charge is -2.28. The highest BCUT2D eigenvalue weighted by molar-refractivity contribution is 4.67. The Morgan fingerprint density at radius 2 is 2.08 bits per heavy atom. The van der Waals surface area contributed by atoms with Crippen molar-refractivity contribution in [3.8, 4) is 0 Å². The van der Waals surface area contributed by atoms with E-state index in [4.69, 9.17) is 10.5 Å². The van der Waals surface area contributed by atoms with Crippen LogP contribution in [0.4, 0.5) is 0 Å². The van der Waals surface area contributed by atoms with Crippen LogP contribution in [0.5, 0.6) is 0 Å². The number of β-amino-alcohol motifs (C(OH)–C–C–N with tert-alkyl or cyclic N) is 1. The average molecular weight is 174 g/mol. The maximum atomic E-state index is 9.44. The van der Waals surface area contributed by atoms with Crippen LogP contribution < -0.4 is 5.73 Å². The fourth-order valence-corrected chi connectivity index (χ4v) is 1.37. The summed E-state index contributed by atoms with van der Waals surface area (Å²) in [6, 6.07) is 0. The van der Waals surface area contributed by atoms with Crippen molar-refractivity contribution in [1.82, 2.24) is 4.90 Å². The van der Waals surface area contributed by atoms with Crippen LogP contribution in [-0.2, 0) is 4.74 Å². The molecule has 1 unspecified atom stereocenters. The SMILES string of the molecule is NCCC(O)CN1CCOCC1. The van der Waals surface area contributed by atoms with Crippen molar-refractivity contribution in [3.05, 3.63) is 0 Å². The second kappa shape index (κ2) is 5.48. The molecule has 0 aromatic heterocycles. The van der Waals surface area contributed by atoms with E-state index in [1.54, 1.807) is 0 Å². The molecule has 4 heteroatoms. The molecule has 0 bridgehead atoms. The molecule has 0 spiro atoms. The number of nitrogens with two attached hydrogens (primary N) is 1. The van der Waals surface area contributed by atoms with Gasteiger partial charge in [-0.1, -0.05) is 0 Å². The van der Waals surface area contributed by atoms with Gasteiger partial charge in [-0.25, -0.2) is 0 Å². The number of aliphatic hydroxyl groups is 1. The minimum atomic E-state index is -0.270. The summed E-state index contributed by atoms with van der Waals surface area (Å²) in [6.45, 7) is 4.74. The topological polar surface area (TPSA) is 58.7 Å². The fraction of sp³-hybridized carbons (Fsp3) is 1.00. The fourth-order valence-electron chi connectivity index (χ4n) is 1.37. The van der Waals surface area contributed by atoms with Crippen LogP contribution in [0.25, 0.3) is 0 Å². The molecule has 1 aliphatic rings. The summed E-state index contributed by atoms with van der Waals surface area (Å²) in [4.78, 5) is 2.21. The van der Waals surface area contributed by atoms with Crippen LogP contribution in [-0.4, -0.2) is 55.5 Å². The summed E-state index contributed by atoms with van der Waals surface area (Å²) >= 11 is 0. The Balaban J connectivity index is 2.11. The van der Waals surface area contributed by atoms with E-state index < -0.39 is 0 Å². The third kappa shape index (κ3) is 3.49. The van der Waals surface area contributed by atoms with Gasteiger partial charge in [-0.15, -0.1) is 0 Å². The van der Waals surface area contributed by atoms with Crippen LogP contribution in [0.3, 0.4) is 0 Å². The smallest absolute Gasteiger partial charge is 0.0679 e. The molecule has 0 aromatic carbocycles. The lowest BCUT2D eigenvalue weighted by Crippen LogP contribution is -2.41. The van der Waals surface area contributed by atoms with Crippen LogP contribution in [0.1, 0.15) is 6.42 Å². The average Bonchev–Trinajstić information content (AvgIpc) is 2.06. The van der Waals surface area contributed by atoms with E-state index in [2.05, 4.69) is 4.90 Å². The van der Waals surface area contributed by atoms with Gasteiger partial charge in [-0.2, -0.15) is 0 Å². The van der Waals surface area contributed by atoms with E-state index in [9.17, 15) is 5.11 Å². The molecule has 12 heavy (non-hydrogen) atoms. The molecule has 1 fully saturated rings. The van der Waals surface area contributed by atoms with Gasteiger partial charge in [0, 0.05) is 19.6 Å². The number of morpholine rings is 1. The van der Waals surface area contributed by atoms with Crippen molar-refractivity contribution in [2.24, 2.45) is 5.73 Å². The van der Waals surface area contributed by atoms with Gasteiger partial charge in [0.15, 0.2) is 0 Å². The zero-order chi connectivity index (χ0) is 8.81. The molecule has 4 nitrogen and oxygen atoms in total. The van der Waals surface area contributed by atoms with E-state index in [-0.39, 0.29) is 6.10 Å². The summed E-state index contributed by atoms with van der Waals surface area (Å²) in [5.74, 6) is 0. The Kier molecular flexibility index (Phi) is 4.53. The maximum Gasteiger partial charge on any atom is 0.0679 e. The quantitative estimate of drug-likeness (QED) is 0.575. The predicted molar refractivity (Wildman–Crippen MR) is 46.9 cm³/mol. The van der Waals surface area contributed by atoms with Gasteiger partial charge < -0.3 is 15.6 Å². The number of hydrogen-bond donors (Lipinski definition) is 2. The van der Waals surface area contributed by atoms with Gasteiger partial charge in [-0.3, -0.25) is 4.90 Å². The van der Waals surface area contributed by atoms with E-state index in [1.165, 1.54) is 0 Å². The second-order valence-corrected chi connectivity index (χ2v) is 3.14. The summed E-state index contributed by atoms with van der Waals surface area (Å²) in [6.07, 6.45) is 0.422. The molecule has 0 aliphatic carbocycles. The largest absolute Gasteiger partial charge is 0.392 e. The molecule has 1 heterocycles. The Hall–Kier alpha value is -0.160. The third-order valence-corrected chi connectivity index (χ3v) is 2.07. The molecule has 0 radical (unpaired) electrons. The van der Waals surface area contributed by atoms with Gasteiger partial charge in [0.1, 0.15) is 0 Å². The van der Waals surface area contributed by atoms with Crippen molar-refractivity contribution in [3.63, 3.8) is 0 Å². The molecule has 0 aromatic rings. The van der Waals surface area contributed by atoms with Crippen molar-refractivity contribution in [2.45, 2.75) is 12.5 Å². The van der Waals surface area contributed by atoms with E-state index in [1.807, 2.05) is 0 Å². The highest BCUT2D eigenvalue weighted by Gasteiger charge is 2.13. The van der Waals surface area contributed by atoms with Gasteiger partial charge in [0.2, 0.25) is 0 Å². The number of rotatable bonds is 4. The normalized spacial score (nSPS) is 22.5. The van der Waals surface area contributed by atoms with Gasteiger partial charge in [-0.05, 0) is 13.0 Å². The van der Waals surface area contributed by atoms with Gasteiger partial charge >= 0.3 is 0 Å². The standard InChI is InChI=1S/C8H18N2O2/c9-2-1-8(11)7-10-3-5-12-6-4-10/h8,11H,1-7,9H2. The van der Waals surface area contributed by atoms with E-state index in [0.29, 0.717) is 13.0 Å². The maximum absolute atomic E-state index is 9.44. The minimum absolute atomic E-state index is 0.270. The van der Waals surface area contributed by atoms with E-state index >= 15 is 0 Å². The van der Waals surface area contributed by atoms with Crippen molar-refractivity contribution in [1.29, 1.82) is 0 Å². The molecule has 3 N–H and O–H groups in total. The van der Waals surface area contributed by atoms with Crippen LogP contribution >= 0.6 is 0 Å². The van der Waals surface area contributed by atoms with Crippen LogP contribution in [0.15, 0.2) is 0 Å². The van der Waals surface area contributed by atoms with E-state index in [0.717, 1.165) is 32.8 Å². The summed E-state index contributed by atoms with van der Waals surface area (Å²) in [5, 5.41) is 9.44. The Labute approximate surface area is 73.3 Å². The highest BCUT2D eigenvalue weighted by atomic mass is 16.5. The van der Waals surface area contributed by atoms with Crippen LogP contribution in [0, 0.1) is 0 Å². The number of aliphatic hydroxyl groups excluding tert-OH is 1. The second-order valence-electron chi connectivity index (χ2n) is 3.14. The Bertz CT molecular complexity index is 116. The summed E-state index contributed by atoms with van der Waals surface area (Å²) in [5.41, 5.74) is 5.33.